The third-order valence-electron chi connectivity index (χ3n) is 6.20. The van der Waals surface area contributed by atoms with Crippen LogP contribution in [0.15, 0.2) is 110 Å². The van der Waals surface area contributed by atoms with Gasteiger partial charge in [0.1, 0.15) is 11.4 Å². The normalized spacial score (nSPS) is 11.2. The lowest BCUT2D eigenvalue weighted by Gasteiger charge is -2.12. The Balaban J connectivity index is 1.44. The Kier molecular flexibility index (Phi) is 5.26. The summed E-state index contributed by atoms with van der Waals surface area (Å²) in [5, 5.41) is 1.90. The van der Waals surface area contributed by atoms with Gasteiger partial charge in [0.2, 0.25) is 0 Å². The maximum absolute atomic E-state index is 4.94. The minimum atomic E-state index is 0.523. The Labute approximate surface area is 217 Å². The van der Waals surface area contributed by atoms with Crippen molar-refractivity contribution in [1.82, 2.24) is 39.9 Å². The average molecular weight is 491 g/mol. The molecule has 0 aliphatic rings. The molecule has 0 saturated heterocycles. The maximum atomic E-state index is 4.94. The molecule has 0 fully saturated rings. The van der Waals surface area contributed by atoms with E-state index in [-0.39, 0.29) is 0 Å². The van der Waals surface area contributed by atoms with Crippen molar-refractivity contribution in [3.05, 3.63) is 110 Å². The molecule has 0 N–H and O–H groups in total. The summed E-state index contributed by atoms with van der Waals surface area (Å²) in [5.74, 6) is 1.05. The van der Waals surface area contributed by atoms with Gasteiger partial charge in [-0.05, 0) is 18.2 Å². The summed E-state index contributed by atoms with van der Waals surface area (Å²) in [6.07, 6.45) is 9.90. The van der Waals surface area contributed by atoms with E-state index in [1.54, 1.807) is 37.2 Å². The molecule has 0 saturated carbocycles. The van der Waals surface area contributed by atoms with Crippen molar-refractivity contribution < 1.29 is 0 Å². The van der Waals surface area contributed by atoms with Crippen molar-refractivity contribution in [2.45, 2.75) is 0 Å². The molecule has 0 bridgehead atoms. The predicted molar refractivity (Wildman–Crippen MR) is 146 cm³/mol. The Morgan fingerprint density at radius 3 is 1.42 bits per heavy atom. The Hall–Kier alpha value is -5.50. The van der Waals surface area contributed by atoms with Crippen LogP contribution in [0.5, 0.6) is 0 Å². The summed E-state index contributed by atoms with van der Waals surface area (Å²) in [6, 6.07) is 24.2. The highest BCUT2D eigenvalue weighted by molar-refractivity contribution is 5.97. The van der Waals surface area contributed by atoms with Crippen molar-refractivity contribution in [2.24, 2.45) is 0 Å². The highest BCUT2D eigenvalue weighted by Gasteiger charge is 2.16. The lowest BCUT2D eigenvalue weighted by atomic mass is 10.0. The second kappa shape index (κ2) is 9.18. The van der Waals surface area contributed by atoms with Gasteiger partial charge in [-0.25, -0.2) is 29.9 Å². The van der Waals surface area contributed by atoms with Crippen molar-refractivity contribution in [3.8, 4) is 45.6 Å². The van der Waals surface area contributed by atoms with Crippen LogP contribution in [0.2, 0.25) is 0 Å². The van der Waals surface area contributed by atoms with Gasteiger partial charge in [-0.3, -0.25) is 9.97 Å². The summed E-state index contributed by atoms with van der Waals surface area (Å²) < 4.78 is 0. The SMILES string of the molecule is c1cc(-c2nc(-c3cnccn3)nc3ccccc23)cc(-c2nc(-c3cnccn3)nc3ccccc23)c1. The van der Waals surface area contributed by atoms with E-state index in [2.05, 4.69) is 26.0 Å². The molecular weight excluding hydrogens is 472 g/mol. The van der Waals surface area contributed by atoms with Crippen LogP contribution in [-0.2, 0) is 0 Å². The third-order valence-corrected chi connectivity index (χ3v) is 6.20. The van der Waals surface area contributed by atoms with Crippen LogP contribution < -0.4 is 0 Å². The van der Waals surface area contributed by atoms with E-state index in [9.17, 15) is 0 Å². The highest BCUT2D eigenvalue weighted by Crippen LogP contribution is 2.33. The van der Waals surface area contributed by atoms with Gasteiger partial charge in [0.05, 0.1) is 34.8 Å². The van der Waals surface area contributed by atoms with Gasteiger partial charge < -0.3 is 0 Å². The van der Waals surface area contributed by atoms with Gasteiger partial charge in [0.25, 0.3) is 0 Å². The van der Waals surface area contributed by atoms with E-state index in [1.165, 1.54) is 0 Å². The number of fused-ring (bicyclic) bond motifs is 2. The summed E-state index contributed by atoms with van der Waals surface area (Å²) in [4.78, 5) is 36.6. The Morgan fingerprint density at radius 2 is 0.947 bits per heavy atom. The fourth-order valence-electron chi connectivity index (χ4n) is 4.47. The van der Waals surface area contributed by atoms with Crippen LogP contribution in [-0.4, -0.2) is 39.9 Å². The van der Waals surface area contributed by atoms with Gasteiger partial charge in [-0.1, -0.05) is 54.6 Å². The van der Waals surface area contributed by atoms with Gasteiger partial charge in [0, 0.05) is 46.7 Å². The fourth-order valence-corrected chi connectivity index (χ4v) is 4.47. The second-order valence-electron chi connectivity index (χ2n) is 8.59. The van der Waals surface area contributed by atoms with E-state index in [4.69, 9.17) is 19.9 Å². The average Bonchev–Trinajstić information content (AvgIpc) is 3.01. The number of rotatable bonds is 4. The van der Waals surface area contributed by atoms with E-state index in [1.807, 2.05) is 66.7 Å². The molecule has 178 valence electrons. The highest BCUT2D eigenvalue weighted by atomic mass is 14.9. The quantitative estimate of drug-likeness (QED) is 0.304. The minimum absolute atomic E-state index is 0.523. The van der Waals surface area contributed by atoms with Gasteiger partial charge >= 0.3 is 0 Å². The van der Waals surface area contributed by atoms with Crippen LogP contribution in [0.4, 0.5) is 0 Å². The molecule has 3 aromatic carbocycles. The molecule has 0 aliphatic carbocycles. The molecular formula is C30H18N8. The van der Waals surface area contributed by atoms with Crippen LogP contribution >= 0.6 is 0 Å². The largest absolute Gasteiger partial charge is 0.261 e. The van der Waals surface area contributed by atoms with Crippen LogP contribution in [0, 0.1) is 0 Å². The second-order valence-corrected chi connectivity index (χ2v) is 8.59. The number of benzene rings is 3. The smallest absolute Gasteiger partial charge is 0.180 e. The first-order valence-electron chi connectivity index (χ1n) is 12.0. The monoisotopic (exact) mass is 490 g/mol. The molecule has 0 spiro atoms. The lowest BCUT2D eigenvalue weighted by Crippen LogP contribution is -1.98. The Bertz CT molecular complexity index is 1790. The van der Waals surface area contributed by atoms with Gasteiger partial charge in [0.15, 0.2) is 11.6 Å². The first-order valence-corrected chi connectivity index (χ1v) is 12.0. The number of aromatic nitrogens is 8. The summed E-state index contributed by atoms with van der Waals surface area (Å²) in [7, 11) is 0. The standard InChI is InChI=1S/C30H18N8/c1-3-10-23-21(8-1)27(37-29(35-23)25-17-31-12-14-33-25)19-6-5-7-20(16-19)28-22-9-2-4-11-24(22)36-30(38-28)26-18-32-13-15-34-26/h1-18H. The molecule has 0 unspecified atom stereocenters. The van der Waals surface area contributed by atoms with Crippen molar-refractivity contribution in [3.63, 3.8) is 0 Å². The zero-order valence-corrected chi connectivity index (χ0v) is 20.0. The molecule has 7 rings (SSSR count). The zero-order chi connectivity index (χ0) is 25.3. The van der Waals surface area contributed by atoms with E-state index < -0.39 is 0 Å². The van der Waals surface area contributed by atoms with Crippen molar-refractivity contribution >= 4 is 21.8 Å². The van der Waals surface area contributed by atoms with Crippen LogP contribution in [0.3, 0.4) is 0 Å². The number of para-hydroxylation sites is 2. The van der Waals surface area contributed by atoms with Gasteiger partial charge in [-0.15, -0.1) is 0 Å². The summed E-state index contributed by atoms with van der Waals surface area (Å²) >= 11 is 0. The fraction of sp³-hybridized carbons (Fsp3) is 0. The number of hydrogen-bond donors (Lipinski definition) is 0. The molecule has 8 heteroatoms. The predicted octanol–water partition coefficient (Wildman–Crippen LogP) is 5.82. The molecule has 0 atom stereocenters. The molecule has 7 aromatic rings. The van der Waals surface area contributed by atoms with Gasteiger partial charge in [-0.2, -0.15) is 0 Å². The first kappa shape index (κ1) is 21.8. The number of nitrogens with zero attached hydrogens (tertiary/aromatic N) is 8. The Morgan fingerprint density at radius 1 is 0.447 bits per heavy atom. The molecule has 4 heterocycles. The van der Waals surface area contributed by atoms with Crippen molar-refractivity contribution in [1.29, 1.82) is 0 Å². The lowest BCUT2D eigenvalue weighted by molar-refractivity contribution is 1.13. The zero-order valence-electron chi connectivity index (χ0n) is 20.0. The number of hydrogen-bond acceptors (Lipinski definition) is 8. The molecule has 0 aliphatic heterocycles. The molecule has 0 radical (unpaired) electrons. The first-order chi connectivity index (χ1) is 18.8. The molecule has 0 amide bonds. The summed E-state index contributed by atoms with van der Waals surface area (Å²) in [6.45, 7) is 0. The van der Waals surface area contributed by atoms with Crippen LogP contribution in [0.1, 0.15) is 0 Å². The van der Waals surface area contributed by atoms with E-state index in [0.29, 0.717) is 23.0 Å². The molecule has 8 nitrogen and oxygen atoms in total. The van der Waals surface area contributed by atoms with Crippen molar-refractivity contribution in [2.75, 3.05) is 0 Å². The topological polar surface area (TPSA) is 103 Å². The molecule has 4 aromatic heterocycles. The molecule has 38 heavy (non-hydrogen) atoms. The van der Waals surface area contributed by atoms with E-state index in [0.717, 1.165) is 44.3 Å². The van der Waals surface area contributed by atoms with E-state index >= 15 is 0 Å². The van der Waals surface area contributed by atoms with Crippen LogP contribution in [0.25, 0.3) is 67.4 Å². The third kappa shape index (κ3) is 3.90. The summed E-state index contributed by atoms with van der Waals surface area (Å²) in [5.41, 5.74) is 6.40. The minimum Gasteiger partial charge on any atom is -0.261 e. The maximum Gasteiger partial charge on any atom is 0.180 e.